The number of aliphatic hydroxyl groups excluding tert-OH is 1. The third kappa shape index (κ3) is 3.84. The zero-order chi connectivity index (χ0) is 13.5. The molecule has 0 aliphatic carbocycles. The van der Waals surface area contributed by atoms with Crippen LogP contribution in [0.2, 0.25) is 0 Å². The van der Waals surface area contributed by atoms with E-state index in [1.54, 1.807) is 4.90 Å². The molecular weight excluding hydrogens is 226 g/mol. The summed E-state index contributed by atoms with van der Waals surface area (Å²) >= 11 is 0. The molecule has 1 N–H and O–H groups in total. The van der Waals surface area contributed by atoms with Crippen molar-refractivity contribution in [1.29, 1.82) is 0 Å². The maximum atomic E-state index is 12.3. The van der Waals surface area contributed by atoms with Crippen molar-refractivity contribution in [3.8, 4) is 0 Å². The highest BCUT2D eigenvalue weighted by molar-refractivity contribution is 5.79. The van der Waals surface area contributed by atoms with Crippen LogP contribution in [-0.4, -0.2) is 29.1 Å². The highest BCUT2D eigenvalue weighted by Crippen LogP contribution is 2.15. The zero-order valence-corrected chi connectivity index (χ0v) is 11.5. The van der Waals surface area contributed by atoms with Gasteiger partial charge in [0.1, 0.15) is 0 Å². The standard InChI is InChI=1S/C15H23NO2/c1-4-16(10-13-8-6-5-7-9-13)15(18)14(11-17)12(2)3/h5-9,12,14,17H,4,10-11H2,1-3H3. The van der Waals surface area contributed by atoms with Gasteiger partial charge in [-0.05, 0) is 18.4 Å². The summed E-state index contributed by atoms with van der Waals surface area (Å²) in [5.41, 5.74) is 1.12. The second kappa shape index (κ2) is 7.17. The van der Waals surface area contributed by atoms with Gasteiger partial charge in [0.2, 0.25) is 5.91 Å². The Morgan fingerprint density at radius 3 is 2.33 bits per heavy atom. The van der Waals surface area contributed by atoms with Gasteiger partial charge in [0.15, 0.2) is 0 Å². The topological polar surface area (TPSA) is 40.5 Å². The van der Waals surface area contributed by atoms with Crippen LogP contribution >= 0.6 is 0 Å². The van der Waals surface area contributed by atoms with E-state index in [0.717, 1.165) is 5.56 Å². The molecule has 1 atom stereocenters. The molecule has 0 saturated carbocycles. The largest absolute Gasteiger partial charge is 0.396 e. The average Bonchev–Trinajstić information content (AvgIpc) is 2.37. The number of hydrogen-bond acceptors (Lipinski definition) is 2. The molecule has 1 unspecified atom stereocenters. The number of nitrogens with zero attached hydrogens (tertiary/aromatic N) is 1. The lowest BCUT2D eigenvalue weighted by atomic mass is 9.95. The summed E-state index contributed by atoms with van der Waals surface area (Å²) in [6.07, 6.45) is 0. The van der Waals surface area contributed by atoms with Crippen molar-refractivity contribution in [1.82, 2.24) is 4.90 Å². The Balaban J connectivity index is 2.74. The summed E-state index contributed by atoms with van der Waals surface area (Å²) in [7, 11) is 0. The molecule has 0 radical (unpaired) electrons. The van der Waals surface area contributed by atoms with Gasteiger partial charge in [0, 0.05) is 13.1 Å². The number of benzene rings is 1. The molecule has 1 aromatic carbocycles. The van der Waals surface area contributed by atoms with Crippen molar-refractivity contribution in [3.63, 3.8) is 0 Å². The summed E-state index contributed by atoms with van der Waals surface area (Å²) in [5.74, 6) is -0.0974. The summed E-state index contributed by atoms with van der Waals surface area (Å²) in [4.78, 5) is 14.1. The molecule has 1 amide bonds. The fourth-order valence-electron chi connectivity index (χ4n) is 1.96. The third-order valence-electron chi connectivity index (χ3n) is 3.23. The second-order valence-corrected chi connectivity index (χ2v) is 4.87. The molecule has 0 bridgehead atoms. The van der Waals surface area contributed by atoms with Crippen LogP contribution in [0, 0.1) is 11.8 Å². The maximum absolute atomic E-state index is 12.3. The number of carbonyl (C=O) groups excluding carboxylic acids is 1. The molecular formula is C15H23NO2. The SMILES string of the molecule is CCN(Cc1ccccc1)C(=O)C(CO)C(C)C. The number of rotatable bonds is 6. The number of aliphatic hydroxyl groups is 1. The average molecular weight is 249 g/mol. The predicted octanol–water partition coefficient (Wildman–Crippen LogP) is 2.30. The van der Waals surface area contributed by atoms with Gasteiger partial charge in [-0.25, -0.2) is 0 Å². The molecule has 0 fully saturated rings. The molecule has 0 aliphatic heterocycles. The van der Waals surface area contributed by atoms with Gasteiger partial charge >= 0.3 is 0 Å². The van der Waals surface area contributed by atoms with Gasteiger partial charge in [-0.15, -0.1) is 0 Å². The molecule has 0 aliphatic rings. The van der Waals surface area contributed by atoms with Crippen LogP contribution in [-0.2, 0) is 11.3 Å². The van der Waals surface area contributed by atoms with Crippen molar-refractivity contribution in [2.45, 2.75) is 27.3 Å². The highest BCUT2D eigenvalue weighted by Gasteiger charge is 2.25. The lowest BCUT2D eigenvalue weighted by Crippen LogP contribution is -2.39. The summed E-state index contributed by atoms with van der Waals surface area (Å²) < 4.78 is 0. The van der Waals surface area contributed by atoms with Crippen LogP contribution in [0.5, 0.6) is 0 Å². The molecule has 3 nitrogen and oxygen atoms in total. The molecule has 100 valence electrons. The van der Waals surface area contributed by atoms with Crippen molar-refractivity contribution >= 4 is 5.91 Å². The van der Waals surface area contributed by atoms with E-state index in [-0.39, 0.29) is 24.3 Å². The summed E-state index contributed by atoms with van der Waals surface area (Å²) in [6.45, 7) is 7.10. The van der Waals surface area contributed by atoms with E-state index in [9.17, 15) is 9.90 Å². The predicted molar refractivity (Wildman–Crippen MR) is 72.9 cm³/mol. The Morgan fingerprint density at radius 2 is 1.89 bits per heavy atom. The Labute approximate surface area is 109 Å². The van der Waals surface area contributed by atoms with Gasteiger partial charge in [0.25, 0.3) is 0 Å². The monoisotopic (exact) mass is 249 g/mol. The minimum atomic E-state index is -0.298. The Kier molecular flexibility index (Phi) is 5.86. The first-order valence-electron chi connectivity index (χ1n) is 6.53. The number of carbonyl (C=O) groups is 1. The van der Waals surface area contributed by atoms with Gasteiger partial charge in [-0.3, -0.25) is 4.79 Å². The molecule has 0 spiro atoms. The Morgan fingerprint density at radius 1 is 1.28 bits per heavy atom. The van der Waals surface area contributed by atoms with Gasteiger partial charge in [0.05, 0.1) is 12.5 Å². The van der Waals surface area contributed by atoms with E-state index >= 15 is 0 Å². The molecule has 3 heteroatoms. The summed E-state index contributed by atoms with van der Waals surface area (Å²) in [6, 6.07) is 9.93. The van der Waals surface area contributed by atoms with E-state index in [1.165, 1.54) is 0 Å². The molecule has 18 heavy (non-hydrogen) atoms. The fraction of sp³-hybridized carbons (Fsp3) is 0.533. The lowest BCUT2D eigenvalue weighted by molar-refractivity contribution is -0.138. The fourth-order valence-corrected chi connectivity index (χ4v) is 1.96. The van der Waals surface area contributed by atoms with Crippen LogP contribution in [0.25, 0.3) is 0 Å². The maximum Gasteiger partial charge on any atom is 0.228 e. The zero-order valence-electron chi connectivity index (χ0n) is 11.5. The van der Waals surface area contributed by atoms with E-state index in [1.807, 2.05) is 51.1 Å². The third-order valence-corrected chi connectivity index (χ3v) is 3.23. The minimum absolute atomic E-state index is 0.0406. The van der Waals surface area contributed by atoms with E-state index in [0.29, 0.717) is 13.1 Å². The van der Waals surface area contributed by atoms with Gasteiger partial charge < -0.3 is 10.0 Å². The molecule has 0 heterocycles. The second-order valence-electron chi connectivity index (χ2n) is 4.87. The van der Waals surface area contributed by atoms with Crippen molar-refractivity contribution in [3.05, 3.63) is 35.9 Å². The van der Waals surface area contributed by atoms with E-state index < -0.39 is 0 Å². The first-order chi connectivity index (χ1) is 8.60. The number of amides is 1. The summed E-state index contributed by atoms with van der Waals surface area (Å²) in [5, 5.41) is 9.33. The van der Waals surface area contributed by atoms with Crippen LogP contribution in [0.1, 0.15) is 26.3 Å². The van der Waals surface area contributed by atoms with Crippen molar-refractivity contribution < 1.29 is 9.90 Å². The smallest absolute Gasteiger partial charge is 0.228 e. The van der Waals surface area contributed by atoms with Crippen molar-refractivity contribution in [2.24, 2.45) is 11.8 Å². The van der Waals surface area contributed by atoms with Gasteiger partial charge in [-0.1, -0.05) is 44.2 Å². The van der Waals surface area contributed by atoms with Gasteiger partial charge in [-0.2, -0.15) is 0 Å². The Bertz CT molecular complexity index is 362. The first-order valence-corrected chi connectivity index (χ1v) is 6.53. The van der Waals surface area contributed by atoms with E-state index in [4.69, 9.17) is 0 Å². The van der Waals surface area contributed by atoms with E-state index in [2.05, 4.69) is 0 Å². The highest BCUT2D eigenvalue weighted by atomic mass is 16.3. The minimum Gasteiger partial charge on any atom is -0.396 e. The first kappa shape index (κ1) is 14.7. The van der Waals surface area contributed by atoms with Crippen LogP contribution < -0.4 is 0 Å². The molecule has 1 aromatic rings. The Hall–Kier alpha value is -1.35. The molecule has 0 saturated heterocycles. The van der Waals surface area contributed by atoms with Crippen LogP contribution in [0.4, 0.5) is 0 Å². The molecule has 1 rings (SSSR count). The van der Waals surface area contributed by atoms with Crippen LogP contribution in [0.15, 0.2) is 30.3 Å². The molecule has 0 aromatic heterocycles. The quantitative estimate of drug-likeness (QED) is 0.840. The number of hydrogen-bond donors (Lipinski definition) is 1. The van der Waals surface area contributed by atoms with Crippen molar-refractivity contribution in [2.75, 3.05) is 13.2 Å². The van der Waals surface area contributed by atoms with Crippen LogP contribution in [0.3, 0.4) is 0 Å². The normalized spacial score (nSPS) is 12.5. The lowest BCUT2D eigenvalue weighted by Gasteiger charge is -2.27.